The molecule has 1 rings (SSSR count). The lowest BCUT2D eigenvalue weighted by Crippen LogP contribution is -2.28. The van der Waals surface area contributed by atoms with Crippen molar-refractivity contribution in [3.8, 4) is 0 Å². The van der Waals surface area contributed by atoms with E-state index >= 15 is 0 Å². The number of hydrogen-bond donors (Lipinski definition) is 1. The Labute approximate surface area is 83.9 Å². The van der Waals surface area contributed by atoms with Crippen molar-refractivity contribution in [1.29, 1.82) is 0 Å². The highest BCUT2D eigenvalue weighted by Crippen LogP contribution is 1.99. The number of hydrogen-bond acceptors (Lipinski definition) is 3. The Hall–Kier alpha value is -0.480. The Morgan fingerprint density at radius 2 is 2.46 bits per heavy atom. The van der Waals surface area contributed by atoms with E-state index in [4.69, 9.17) is 0 Å². The summed E-state index contributed by atoms with van der Waals surface area (Å²) in [5, 5.41) is 3.45. The summed E-state index contributed by atoms with van der Waals surface area (Å²) in [5.74, 6) is 1.15. The molecule has 13 heavy (non-hydrogen) atoms. The molecule has 74 valence electrons. The highest BCUT2D eigenvalue weighted by atomic mass is 32.2. The average molecular weight is 199 g/mol. The molecular formula is C9H17N3S. The second-order valence-electron chi connectivity index (χ2n) is 3.23. The van der Waals surface area contributed by atoms with E-state index in [1.165, 1.54) is 5.69 Å². The summed E-state index contributed by atoms with van der Waals surface area (Å²) in [5.41, 5.74) is 1.23. The molecule has 1 heterocycles. The Bertz CT molecular complexity index is 247. The molecular weight excluding hydrogens is 182 g/mol. The number of aryl methyl sites for hydroxylation is 1. The van der Waals surface area contributed by atoms with E-state index in [0.29, 0.717) is 6.04 Å². The first-order valence-electron chi connectivity index (χ1n) is 4.41. The molecule has 3 nitrogen and oxygen atoms in total. The molecule has 1 unspecified atom stereocenters. The number of aromatic nitrogens is 2. The molecule has 0 aromatic carbocycles. The van der Waals surface area contributed by atoms with Crippen molar-refractivity contribution in [1.82, 2.24) is 14.9 Å². The van der Waals surface area contributed by atoms with Crippen LogP contribution in [0, 0.1) is 0 Å². The van der Waals surface area contributed by atoms with Crippen LogP contribution in [0.5, 0.6) is 0 Å². The number of nitrogens with one attached hydrogen (secondary N) is 1. The summed E-state index contributed by atoms with van der Waals surface area (Å²) in [6.07, 6.45) is 5.86. The van der Waals surface area contributed by atoms with Gasteiger partial charge in [0.15, 0.2) is 0 Å². The van der Waals surface area contributed by atoms with Gasteiger partial charge in [-0.3, -0.25) is 0 Å². The van der Waals surface area contributed by atoms with E-state index < -0.39 is 0 Å². The third-order valence-electron chi connectivity index (χ3n) is 1.96. The molecule has 0 saturated carbocycles. The van der Waals surface area contributed by atoms with Crippen molar-refractivity contribution < 1.29 is 0 Å². The molecule has 0 aliphatic heterocycles. The number of rotatable bonds is 5. The van der Waals surface area contributed by atoms with Gasteiger partial charge in [0.1, 0.15) is 0 Å². The van der Waals surface area contributed by atoms with Crippen molar-refractivity contribution in [3.05, 3.63) is 18.2 Å². The summed E-state index contributed by atoms with van der Waals surface area (Å²) in [6.45, 7) is 3.10. The van der Waals surface area contributed by atoms with Gasteiger partial charge >= 0.3 is 0 Å². The maximum atomic E-state index is 4.06. The third-order valence-corrected chi connectivity index (χ3v) is 2.80. The van der Waals surface area contributed by atoms with Crippen molar-refractivity contribution in [2.75, 3.05) is 12.0 Å². The van der Waals surface area contributed by atoms with Crippen LogP contribution in [-0.2, 0) is 13.6 Å². The van der Waals surface area contributed by atoms with E-state index in [9.17, 15) is 0 Å². The van der Waals surface area contributed by atoms with Gasteiger partial charge in [-0.1, -0.05) is 0 Å². The van der Waals surface area contributed by atoms with Crippen LogP contribution in [0.4, 0.5) is 0 Å². The van der Waals surface area contributed by atoms with Crippen LogP contribution in [0.1, 0.15) is 12.6 Å². The molecule has 1 aromatic rings. The molecule has 0 aliphatic rings. The monoisotopic (exact) mass is 199 g/mol. The van der Waals surface area contributed by atoms with E-state index in [1.54, 1.807) is 0 Å². The number of nitrogens with zero attached hydrogens (tertiary/aromatic N) is 2. The minimum atomic E-state index is 0.560. The van der Waals surface area contributed by atoms with E-state index in [-0.39, 0.29) is 0 Å². The van der Waals surface area contributed by atoms with Crippen LogP contribution in [0.15, 0.2) is 12.5 Å². The Balaban J connectivity index is 2.30. The molecule has 0 bridgehead atoms. The molecule has 0 spiro atoms. The molecule has 1 N–H and O–H groups in total. The first-order chi connectivity index (χ1) is 6.24. The quantitative estimate of drug-likeness (QED) is 0.774. The maximum Gasteiger partial charge on any atom is 0.0945 e. The smallest absolute Gasteiger partial charge is 0.0945 e. The van der Waals surface area contributed by atoms with Gasteiger partial charge in [0.2, 0.25) is 0 Å². The fourth-order valence-electron chi connectivity index (χ4n) is 1.14. The second-order valence-corrected chi connectivity index (χ2v) is 4.14. The van der Waals surface area contributed by atoms with Crippen LogP contribution < -0.4 is 5.32 Å². The van der Waals surface area contributed by atoms with Crippen molar-refractivity contribution >= 4 is 11.8 Å². The number of thioether (sulfide) groups is 1. The maximum absolute atomic E-state index is 4.06. The average Bonchev–Trinajstić information content (AvgIpc) is 2.48. The van der Waals surface area contributed by atoms with Crippen LogP contribution in [-0.4, -0.2) is 27.6 Å². The van der Waals surface area contributed by atoms with Gasteiger partial charge in [-0.05, 0) is 13.2 Å². The highest BCUT2D eigenvalue weighted by molar-refractivity contribution is 7.98. The zero-order valence-corrected chi connectivity index (χ0v) is 9.27. The Kier molecular flexibility index (Phi) is 4.32. The Morgan fingerprint density at radius 3 is 3.00 bits per heavy atom. The summed E-state index contributed by atoms with van der Waals surface area (Å²) in [6, 6.07) is 0.560. The summed E-state index contributed by atoms with van der Waals surface area (Å²) in [4.78, 5) is 4.06. The standard InChI is InChI=1S/C9H17N3S/c1-8(6-13-3)11-5-9-4-10-7-12(9)2/h4,7-8,11H,5-6H2,1-3H3. The van der Waals surface area contributed by atoms with E-state index in [0.717, 1.165) is 12.3 Å². The van der Waals surface area contributed by atoms with Gasteiger partial charge in [0.05, 0.1) is 12.0 Å². The van der Waals surface area contributed by atoms with Gasteiger partial charge in [-0.2, -0.15) is 11.8 Å². The lowest BCUT2D eigenvalue weighted by molar-refractivity contribution is 0.577. The van der Waals surface area contributed by atoms with E-state index in [2.05, 4.69) is 23.5 Å². The second kappa shape index (κ2) is 5.29. The fraction of sp³-hybridized carbons (Fsp3) is 0.667. The Morgan fingerprint density at radius 1 is 1.69 bits per heavy atom. The first kappa shape index (κ1) is 10.6. The summed E-state index contributed by atoms with van der Waals surface area (Å²) < 4.78 is 2.04. The van der Waals surface area contributed by atoms with Gasteiger partial charge in [-0.25, -0.2) is 4.98 Å². The van der Waals surface area contributed by atoms with Crippen molar-refractivity contribution in [2.24, 2.45) is 7.05 Å². The molecule has 0 radical (unpaired) electrons. The molecule has 0 fully saturated rings. The van der Waals surface area contributed by atoms with Crippen LogP contribution in [0.25, 0.3) is 0 Å². The summed E-state index contributed by atoms with van der Waals surface area (Å²) in [7, 11) is 2.02. The van der Waals surface area contributed by atoms with Crippen LogP contribution in [0.2, 0.25) is 0 Å². The normalized spacial score (nSPS) is 13.2. The van der Waals surface area contributed by atoms with E-state index in [1.807, 2.05) is 35.9 Å². The van der Waals surface area contributed by atoms with Gasteiger partial charge in [0.25, 0.3) is 0 Å². The van der Waals surface area contributed by atoms with Gasteiger partial charge in [0, 0.05) is 31.6 Å². The minimum absolute atomic E-state index is 0.560. The van der Waals surface area contributed by atoms with Crippen LogP contribution in [0.3, 0.4) is 0 Å². The molecule has 4 heteroatoms. The molecule has 0 saturated heterocycles. The van der Waals surface area contributed by atoms with Crippen LogP contribution >= 0.6 is 11.8 Å². The predicted molar refractivity (Wildman–Crippen MR) is 57.9 cm³/mol. The lowest BCUT2D eigenvalue weighted by Gasteiger charge is -2.11. The summed E-state index contributed by atoms with van der Waals surface area (Å²) >= 11 is 1.87. The molecule has 0 amide bonds. The third kappa shape index (κ3) is 3.40. The lowest BCUT2D eigenvalue weighted by atomic mass is 10.3. The van der Waals surface area contributed by atoms with Crippen molar-refractivity contribution in [2.45, 2.75) is 19.5 Å². The zero-order chi connectivity index (χ0) is 9.68. The van der Waals surface area contributed by atoms with Gasteiger partial charge in [-0.15, -0.1) is 0 Å². The zero-order valence-electron chi connectivity index (χ0n) is 8.45. The topological polar surface area (TPSA) is 29.9 Å². The molecule has 0 aliphatic carbocycles. The van der Waals surface area contributed by atoms with Gasteiger partial charge < -0.3 is 9.88 Å². The molecule has 1 aromatic heterocycles. The SMILES string of the molecule is CSCC(C)NCc1cncn1C. The predicted octanol–water partition coefficient (Wildman–Crippen LogP) is 1.26. The largest absolute Gasteiger partial charge is 0.337 e. The van der Waals surface area contributed by atoms with Crippen molar-refractivity contribution in [3.63, 3.8) is 0 Å². The highest BCUT2D eigenvalue weighted by Gasteiger charge is 2.01. The number of imidazole rings is 1. The first-order valence-corrected chi connectivity index (χ1v) is 5.81. The molecule has 1 atom stereocenters. The fourth-order valence-corrected chi connectivity index (χ4v) is 1.76. The minimum Gasteiger partial charge on any atom is -0.337 e.